The van der Waals surface area contributed by atoms with Crippen molar-refractivity contribution in [1.82, 2.24) is 20.0 Å². The number of hydrogen-bond acceptors (Lipinski definition) is 6. The zero-order valence-corrected chi connectivity index (χ0v) is 16.0. The molecule has 0 unspecified atom stereocenters. The number of amides is 1. The summed E-state index contributed by atoms with van der Waals surface area (Å²) in [5, 5.41) is 4.71. The Morgan fingerprint density at radius 1 is 1.11 bits per heavy atom. The van der Waals surface area contributed by atoms with Crippen molar-refractivity contribution in [3.8, 4) is 5.75 Å². The number of aromatic nitrogens is 2. The van der Waals surface area contributed by atoms with Gasteiger partial charge < -0.3 is 4.74 Å². The van der Waals surface area contributed by atoms with Crippen LogP contribution in [0.2, 0.25) is 0 Å². The topological polar surface area (TPSA) is 119 Å². The number of carbonyl (C=O) groups excluding carboxylic acids is 1. The fourth-order valence-electron chi connectivity index (χ4n) is 2.60. The van der Waals surface area contributed by atoms with Crippen LogP contribution in [-0.2, 0) is 16.6 Å². The van der Waals surface area contributed by atoms with Gasteiger partial charge in [0.2, 0.25) is 0 Å². The molecule has 28 heavy (non-hydrogen) atoms. The minimum Gasteiger partial charge on any atom is -0.497 e. The molecule has 1 heterocycles. The third-order valence-electron chi connectivity index (χ3n) is 4.05. The van der Waals surface area contributed by atoms with Crippen molar-refractivity contribution >= 4 is 26.7 Å². The van der Waals surface area contributed by atoms with Crippen LogP contribution in [0.4, 0.5) is 0 Å². The molecule has 1 aromatic heterocycles. The molecule has 0 aliphatic carbocycles. The first-order valence-corrected chi connectivity index (χ1v) is 9.81. The number of methoxy groups -OCH3 is 1. The summed E-state index contributed by atoms with van der Waals surface area (Å²) in [7, 11) is -2.53. The summed E-state index contributed by atoms with van der Waals surface area (Å²) in [4.78, 5) is 26.9. The third-order valence-corrected chi connectivity index (χ3v) is 5.31. The van der Waals surface area contributed by atoms with Crippen molar-refractivity contribution in [1.29, 1.82) is 0 Å². The van der Waals surface area contributed by atoms with Crippen molar-refractivity contribution < 1.29 is 17.9 Å². The number of hydrogen-bond donors (Lipinski definition) is 2. The highest BCUT2D eigenvalue weighted by Crippen LogP contribution is 2.15. The number of nitrogens with zero attached hydrogens (tertiary/aromatic N) is 2. The molecule has 0 bridgehead atoms. The number of benzene rings is 2. The minimum absolute atomic E-state index is 0.0510. The zero-order chi connectivity index (χ0) is 20.3. The molecule has 0 aliphatic rings. The van der Waals surface area contributed by atoms with Gasteiger partial charge >= 0.3 is 0 Å². The molecule has 1 amide bonds. The Kier molecular flexibility index (Phi) is 5.43. The zero-order valence-electron chi connectivity index (χ0n) is 15.2. The smallest absolute Gasteiger partial charge is 0.287 e. The van der Waals surface area contributed by atoms with Crippen LogP contribution in [0.15, 0.2) is 58.2 Å². The van der Waals surface area contributed by atoms with Crippen molar-refractivity contribution in [2.75, 3.05) is 7.11 Å². The summed E-state index contributed by atoms with van der Waals surface area (Å²) in [5.41, 5.74) is 1.76. The third kappa shape index (κ3) is 3.73. The molecule has 3 aromatic rings. The molecule has 2 N–H and O–H groups in total. The number of sulfonamides is 1. The Morgan fingerprint density at radius 2 is 1.75 bits per heavy atom. The van der Waals surface area contributed by atoms with E-state index >= 15 is 0 Å². The van der Waals surface area contributed by atoms with E-state index in [-0.39, 0.29) is 22.7 Å². The first-order chi connectivity index (χ1) is 13.4. The maximum atomic E-state index is 12.6. The van der Waals surface area contributed by atoms with E-state index < -0.39 is 15.9 Å². The second kappa shape index (κ2) is 7.79. The Bertz CT molecular complexity index is 1190. The van der Waals surface area contributed by atoms with Gasteiger partial charge in [-0.25, -0.2) is 13.1 Å². The van der Waals surface area contributed by atoms with Crippen molar-refractivity contribution in [2.24, 2.45) is 0 Å². The van der Waals surface area contributed by atoms with E-state index in [4.69, 9.17) is 4.74 Å². The highest BCUT2D eigenvalue weighted by atomic mass is 32.2. The summed E-state index contributed by atoms with van der Waals surface area (Å²) in [5.74, 6) is -0.282. The van der Waals surface area contributed by atoms with Gasteiger partial charge in [0.1, 0.15) is 5.75 Å². The van der Waals surface area contributed by atoms with Gasteiger partial charge in [-0.2, -0.15) is 5.10 Å². The predicted molar refractivity (Wildman–Crippen MR) is 102 cm³/mol. The number of carbonyl (C=O) groups is 1. The summed E-state index contributed by atoms with van der Waals surface area (Å²) in [6.45, 7) is 1.98. The standard InChI is InChI=1S/C18H18N4O5S/c1-3-22-18(24)15-7-5-4-6-14(15)16(20-22)17(23)19-21-28(25,26)13-10-8-12(27-2)9-11-13/h4-11,21H,3H2,1-2H3,(H,19,23). The van der Waals surface area contributed by atoms with Gasteiger partial charge in [-0.3, -0.25) is 15.0 Å². The quantitative estimate of drug-likeness (QED) is 0.595. The van der Waals surface area contributed by atoms with Crippen LogP contribution < -0.4 is 20.6 Å². The lowest BCUT2D eigenvalue weighted by atomic mass is 10.1. The number of hydrazine groups is 1. The number of aryl methyl sites for hydroxylation is 1. The Hall–Kier alpha value is -3.24. The number of fused-ring (bicyclic) bond motifs is 1. The molecule has 10 heteroatoms. The van der Waals surface area contributed by atoms with Crippen LogP contribution >= 0.6 is 0 Å². The van der Waals surface area contributed by atoms with E-state index in [0.29, 0.717) is 16.5 Å². The summed E-state index contributed by atoms with van der Waals surface area (Å²) in [6, 6.07) is 12.2. The largest absolute Gasteiger partial charge is 0.497 e. The molecule has 2 aromatic carbocycles. The Morgan fingerprint density at radius 3 is 2.36 bits per heavy atom. The van der Waals surface area contributed by atoms with Crippen LogP contribution in [0.1, 0.15) is 17.4 Å². The fraction of sp³-hybridized carbons (Fsp3) is 0.167. The van der Waals surface area contributed by atoms with E-state index in [1.165, 1.54) is 31.4 Å². The first kappa shape index (κ1) is 19.5. The summed E-state index contributed by atoms with van der Waals surface area (Å²) >= 11 is 0. The predicted octanol–water partition coefficient (Wildman–Crippen LogP) is 1.05. The monoisotopic (exact) mass is 402 g/mol. The lowest BCUT2D eigenvalue weighted by molar-refractivity contribution is 0.0939. The van der Waals surface area contributed by atoms with Gasteiger partial charge in [-0.15, -0.1) is 4.83 Å². The summed E-state index contributed by atoms with van der Waals surface area (Å²) in [6.07, 6.45) is 0. The van der Waals surface area contributed by atoms with Gasteiger partial charge in [0.05, 0.1) is 17.4 Å². The lowest BCUT2D eigenvalue weighted by Crippen LogP contribution is -2.42. The van der Waals surface area contributed by atoms with Gasteiger partial charge in [0, 0.05) is 11.9 Å². The summed E-state index contributed by atoms with van der Waals surface area (Å²) < 4.78 is 30.9. The normalized spacial score (nSPS) is 11.4. The average Bonchev–Trinajstić information content (AvgIpc) is 2.72. The molecule has 0 fully saturated rings. The maximum Gasteiger partial charge on any atom is 0.287 e. The molecule has 3 rings (SSSR count). The van der Waals surface area contributed by atoms with Crippen LogP contribution in [0.25, 0.3) is 10.8 Å². The van der Waals surface area contributed by atoms with Crippen LogP contribution in [0, 0.1) is 0 Å². The van der Waals surface area contributed by atoms with Crippen LogP contribution in [0.5, 0.6) is 5.75 Å². The highest BCUT2D eigenvalue weighted by Gasteiger charge is 2.19. The van der Waals surface area contributed by atoms with E-state index in [0.717, 1.165) is 4.68 Å². The van der Waals surface area contributed by atoms with E-state index in [2.05, 4.69) is 10.5 Å². The Balaban J connectivity index is 1.89. The van der Waals surface area contributed by atoms with Crippen LogP contribution in [0.3, 0.4) is 0 Å². The highest BCUT2D eigenvalue weighted by molar-refractivity contribution is 7.89. The average molecular weight is 402 g/mol. The molecule has 0 atom stereocenters. The minimum atomic E-state index is -4.00. The molecule has 0 radical (unpaired) electrons. The van der Waals surface area contributed by atoms with Gasteiger partial charge in [-0.1, -0.05) is 18.2 Å². The molecule has 0 saturated heterocycles. The second-order valence-electron chi connectivity index (χ2n) is 5.75. The van der Waals surface area contributed by atoms with Crippen molar-refractivity contribution in [3.05, 3.63) is 64.6 Å². The van der Waals surface area contributed by atoms with Crippen molar-refractivity contribution in [3.63, 3.8) is 0 Å². The molecule has 146 valence electrons. The van der Waals surface area contributed by atoms with E-state index in [1.807, 2.05) is 4.83 Å². The Labute approximate surface area is 161 Å². The van der Waals surface area contributed by atoms with Crippen LogP contribution in [-0.4, -0.2) is 31.2 Å². The molecular weight excluding hydrogens is 384 g/mol. The number of nitrogens with one attached hydrogen (secondary N) is 2. The molecule has 9 nitrogen and oxygen atoms in total. The van der Waals surface area contributed by atoms with E-state index in [9.17, 15) is 18.0 Å². The first-order valence-electron chi connectivity index (χ1n) is 8.33. The molecule has 0 saturated carbocycles. The molecule has 0 aliphatic heterocycles. The SMILES string of the molecule is CCn1nc(C(=O)NNS(=O)(=O)c2ccc(OC)cc2)c2ccccc2c1=O. The van der Waals surface area contributed by atoms with Gasteiger partial charge in [0.25, 0.3) is 21.5 Å². The van der Waals surface area contributed by atoms with E-state index in [1.54, 1.807) is 31.2 Å². The molecular formula is C18H18N4O5S. The second-order valence-corrected chi connectivity index (χ2v) is 7.43. The maximum absolute atomic E-state index is 12.6. The van der Waals surface area contributed by atoms with Crippen molar-refractivity contribution in [2.45, 2.75) is 18.4 Å². The van der Waals surface area contributed by atoms with Gasteiger partial charge in [0.15, 0.2) is 5.69 Å². The lowest BCUT2D eigenvalue weighted by Gasteiger charge is -2.11. The van der Waals surface area contributed by atoms with Gasteiger partial charge in [-0.05, 0) is 37.3 Å². The molecule has 0 spiro atoms. The number of rotatable bonds is 6. The number of ether oxygens (including phenoxy) is 1. The fourth-order valence-corrected chi connectivity index (χ4v) is 3.44.